The van der Waals surface area contributed by atoms with Crippen LogP contribution in [0.15, 0.2) is 60.8 Å². The molecule has 67 heavy (non-hydrogen) atoms. The molecule has 0 radical (unpaired) electrons. The zero-order chi connectivity index (χ0) is 48.6. The zero-order valence-corrected chi connectivity index (χ0v) is 44.4. The molecule has 0 aliphatic heterocycles. The molecule has 0 saturated carbocycles. The molecule has 0 N–H and O–H groups in total. The van der Waals surface area contributed by atoms with Gasteiger partial charge in [0.1, 0.15) is 13.2 Å². The number of carbonyl (C=O) groups is 3. The van der Waals surface area contributed by atoms with E-state index in [1.807, 2.05) is 0 Å². The van der Waals surface area contributed by atoms with Gasteiger partial charge in [-0.25, -0.2) is 0 Å². The number of rotatable bonds is 52. The van der Waals surface area contributed by atoms with Crippen molar-refractivity contribution < 1.29 is 28.6 Å². The highest BCUT2D eigenvalue weighted by molar-refractivity contribution is 5.71. The smallest absolute Gasteiger partial charge is 0.306 e. The Morgan fingerprint density at radius 1 is 0.313 bits per heavy atom. The van der Waals surface area contributed by atoms with E-state index in [0.29, 0.717) is 19.3 Å². The number of carbonyl (C=O) groups excluding carboxylic acids is 3. The van der Waals surface area contributed by atoms with Gasteiger partial charge in [-0.15, -0.1) is 0 Å². The monoisotopic (exact) mass is 937 g/mol. The van der Waals surface area contributed by atoms with Crippen molar-refractivity contribution in [3.8, 4) is 0 Å². The van der Waals surface area contributed by atoms with Crippen molar-refractivity contribution in [3.63, 3.8) is 0 Å². The molecule has 388 valence electrons. The van der Waals surface area contributed by atoms with Crippen LogP contribution in [0.3, 0.4) is 0 Å². The standard InChI is InChI=1S/C61H108O6/c1-4-7-10-13-16-19-22-25-27-29-30-32-33-36-39-42-45-48-51-54-60(63)66-57-58(56-65-59(62)53-50-47-44-41-38-35-24-21-18-15-12-9-6-3)67-61(64)55-52-49-46-43-40-37-34-31-28-26-23-20-17-14-11-8-5-2/h9,12,15-16,18-19,21-22,24-25,58H,4-8,10-11,13-14,17,20,23,26-57H2,1-3H3/b12-9+,18-15+,19-16+,24-21+,25-22+. The molecule has 0 aromatic rings. The maximum absolute atomic E-state index is 12.9. The van der Waals surface area contributed by atoms with E-state index in [-0.39, 0.29) is 31.1 Å². The third-order valence-electron chi connectivity index (χ3n) is 12.6. The lowest BCUT2D eigenvalue weighted by Gasteiger charge is -2.18. The Hall–Kier alpha value is -2.89. The lowest BCUT2D eigenvalue weighted by molar-refractivity contribution is -0.167. The average molecular weight is 938 g/mol. The van der Waals surface area contributed by atoms with Crippen molar-refractivity contribution >= 4 is 17.9 Å². The molecule has 0 fully saturated rings. The molecular formula is C61H108O6. The largest absolute Gasteiger partial charge is 0.462 e. The summed E-state index contributed by atoms with van der Waals surface area (Å²) < 4.78 is 16.9. The lowest BCUT2D eigenvalue weighted by atomic mass is 10.0. The van der Waals surface area contributed by atoms with Gasteiger partial charge in [-0.1, -0.05) is 268 Å². The van der Waals surface area contributed by atoms with Gasteiger partial charge in [0.25, 0.3) is 0 Å². The van der Waals surface area contributed by atoms with E-state index in [1.54, 1.807) is 0 Å². The van der Waals surface area contributed by atoms with Gasteiger partial charge in [-0.2, -0.15) is 0 Å². The second-order valence-corrected chi connectivity index (χ2v) is 19.3. The highest BCUT2D eigenvalue weighted by Gasteiger charge is 2.19. The van der Waals surface area contributed by atoms with Crippen molar-refractivity contribution in [2.45, 2.75) is 297 Å². The average Bonchev–Trinajstić information content (AvgIpc) is 3.33. The Morgan fingerprint density at radius 2 is 0.582 bits per heavy atom. The minimum atomic E-state index is -0.782. The van der Waals surface area contributed by atoms with Crippen LogP contribution in [-0.4, -0.2) is 37.2 Å². The Kier molecular flexibility index (Phi) is 53.3. The summed E-state index contributed by atoms with van der Waals surface area (Å²) in [4.78, 5) is 38.1. The number of hydrogen-bond acceptors (Lipinski definition) is 6. The minimum Gasteiger partial charge on any atom is -0.462 e. The van der Waals surface area contributed by atoms with Crippen LogP contribution in [0.25, 0.3) is 0 Å². The number of esters is 3. The van der Waals surface area contributed by atoms with Crippen LogP contribution in [0.4, 0.5) is 0 Å². The molecule has 0 heterocycles. The van der Waals surface area contributed by atoms with Gasteiger partial charge in [-0.05, 0) is 64.2 Å². The summed E-state index contributed by atoms with van der Waals surface area (Å²) in [5.41, 5.74) is 0. The molecule has 0 bridgehead atoms. The second kappa shape index (κ2) is 55.7. The Labute approximate surface area is 415 Å². The van der Waals surface area contributed by atoms with Crippen LogP contribution in [-0.2, 0) is 28.6 Å². The summed E-state index contributed by atoms with van der Waals surface area (Å²) in [5.74, 6) is -0.892. The van der Waals surface area contributed by atoms with Crippen LogP contribution in [0.2, 0.25) is 0 Å². The van der Waals surface area contributed by atoms with Crippen LogP contribution >= 0.6 is 0 Å². The molecule has 0 aliphatic rings. The highest BCUT2D eigenvalue weighted by Crippen LogP contribution is 2.16. The molecule has 6 heteroatoms. The van der Waals surface area contributed by atoms with Gasteiger partial charge in [0.2, 0.25) is 0 Å². The summed E-state index contributed by atoms with van der Waals surface area (Å²) in [6.07, 6.45) is 69.2. The predicted octanol–water partition coefficient (Wildman–Crippen LogP) is 19.2. The van der Waals surface area contributed by atoms with Gasteiger partial charge in [-0.3, -0.25) is 14.4 Å². The predicted molar refractivity (Wildman–Crippen MR) is 288 cm³/mol. The highest BCUT2D eigenvalue weighted by atomic mass is 16.6. The van der Waals surface area contributed by atoms with E-state index in [9.17, 15) is 14.4 Å². The van der Waals surface area contributed by atoms with Crippen LogP contribution < -0.4 is 0 Å². The first-order valence-corrected chi connectivity index (χ1v) is 28.8. The Bertz CT molecular complexity index is 1210. The minimum absolute atomic E-state index is 0.0803. The molecule has 0 amide bonds. The molecule has 0 aromatic heterocycles. The quantitative estimate of drug-likeness (QED) is 0.0262. The summed E-state index contributed by atoms with van der Waals surface area (Å²) in [7, 11) is 0. The molecule has 0 saturated heterocycles. The first-order valence-electron chi connectivity index (χ1n) is 28.8. The molecule has 6 nitrogen and oxygen atoms in total. The third-order valence-corrected chi connectivity index (χ3v) is 12.6. The molecule has 1 atom stereocenters. The molecule has 1 unspecified atom stereocenters. The molecule has 0 rings (SSSR count). The van der Waals surface area contributed by atoms with Crippen LogP contribution in [0.5, 0.6) is 0 Å². The zero-order valence-electron chi connectivity index (χ0n) is 44.4. The van der Waals surface area contributed by atoms with Crippen LogP contribution in [0, 0.1) is 0 Å². The first-order chi connectivity index (χ1) is 33.0. The van der Waals surface area contributed by atoms with E-state index < -0.39 is 6.10 Å². The Morgan fingerprint density at radius 3 is 0.940 bits per heavy atom. The van der Waals surface area contributed by atoms with E-state index in [2.05, 4.69) is 81.5 Å². The number of hydrogen-bond donors (Lipinski definition) is 0. The summed E-state index contributed by atoms with van der Waals surface area (Å²) >= 11 is 0. The van der Waals surface area contributed by atoms with E-state index in [4.69, 9.17) is 14.2 Å². The summed E-state index contributed by atoms with van der Waals surface area (Å²) in [5, 5.41) is 0. The number of ether oxygens (including phenoxy) is 3. The van der Waals surface area contributed by atoms with E-state index in [1.165, 1.54) is 167 Å². The van der Waals surface area contributed by atoms with Gasteiger partial charge >= 0.3 is 17.9 Å². The SMILES string of the molecule is CC/C=C/C=C/C=C/CCCCCCCC(=O)OCC(COC(=O)CCCCCCCCCCCC/C=C/C=C/CCCCC)OC(=O)CCCCCCCCCCCCCCCCCCC. The molecular weight excluding hydrogens is 829 g/mol. The fourth-order valence-corrected chi connectivity index (χ4v) is 8.26. The van der Waals surface area contributed by atoms with Gasteiger partial charge in [0.05, 0.1) is 0 Å². The van der Waals surface area contributed by atoms with Crippen LogP contribution in [0.1, 0.15) is 290 Å². The fourth-order valence-electron chi connectivity index (χ4n) is 8.26. The van der Waals surface area contributed by atoms with E-state index in [0.717, 1.165) is 83.5 Å². The van der Waals surface area contributed by atoms with E-state index >= 15 is 0 Å². The molecule has 0 aliphatic carbocycles. The van der Waals surface area contributed by atoms with Gasteiger partial charge in [0.15, 0.2) is 6.10 Å². The van der Waals surface area contributed by atoms with Crippen molar-refractivity contribution in [2.24, 2.45) is 0 Å². The maximum atomic E-state index is 12.9. The topological polar surface area (TPSA) is 78.9 Å². The maximum Gasteiger partial charge on any atom is 0.306 e. The van der Waals surface area contributed by atoms with Gasteiger partial charge in [0, 0.05) is 19.3 Å². The fraction of sp³-hybridized carbons (Fsp3) is 0.787. The molecule has 0 spiro atoms. The number of unbranched alkanes of at least 4 members (excludes halogenated alkanes) is 34. The number of allylic oxidation sites excluding steroid dienone is 10. The second-order valence-electron chi connectivity index (χ2n) is 19.3. The lowest BCUT2D eigenvalue weighted by Crippen LogP contribution is -2.30. The summed E-state index contributed by atoms with van der Waals surface area (Å²) in [6.45, 7) is 6.49. The third kappa shape index (κ3) is 53.9. The van der Waals surface area contributed by atoms with Crippen molar-refractivity contribution in [1.82, 2.24) is 0 Å². The van der Waals surface area contributed by atoms with Gasteiger partial charge < -0.3 is 14.2 Å². The summed E-state index contributed by atoms with van der Waals surface area (Å²) in [6, 6.07) is 0. The normalized spacial score (nSPS) is 12.5. The van der Waals surface area contributed by atoms with Crippen molar-refractivity contribution in [1.29, 1.82) is 0 Å². The van der Waals surface area contributed by atoms with Crippen molar-refractivity contribution in [3.05, 3.63) is 60.8 Å². The molecule has 0 aromatic carbocycles. The van der Waals surface area contributed by atoms with Crippen molar-refractivity contribution in [2.75, 3.05) is 13.2 Å². The first kappa shape index (κ1) is 64.1. The Balaban J connectivity index is 4.35.